The number of hydrogen-bond acceptors (Lipinski definition) is 4. The van der Waals surface area contributed by atoms with Gasteiger partial charge in [0.05, 0.1) is 11.4 Å². The Kier molecular flexibility index (Phi) is 3.88. The van der Waals surface area contributed by atoms with Gasteiger partial charge in [0.2, 0.25) is 5.91 Å². The fourth-order valence-electron chi connectivity index (χ4n) is 3.33. The highest BCUT2D eigenvalue weighted by atomic mass is 16.2. The van der Waals surface area contributed by atoms with E-state index in [1.807, 2.05) is 18.2 Å². The molecule has 0 unspecified atom stereocenters. The number of carbonyl (C=O) groups excluding carboxylic acids is 3. The van der Waals surface area contributed by atoms with E-state index in [-0.39, 0.29) is 17.6 Å². The summed E-state index contributed by atoms with van der Waals surface area (Å²) in [6, 6.07) is 14.2. The molecule has 0 radical (unpaired) electrons. The van der Waals surface area contributed by atoms with Crippen LogP contribution in [-0.4, -0.2) is 23.3 Å². The van der Waals surface area contributed by atoms with Crippen molar-refractivity contribution in [3.8, 4) is 0 Å². The molecule has 0 saturated carbocycles. The average Bonchev–Trinajstić information content (AvgIpc) is 2.95. The number of amides is 2. The second-order valence-corrected chi connectivity index (χ2v) is 6.44. The largest absolute Gasteiger partial charge is 0.326 e. The Morgan fingerprint density at radius 2 is 1.88 bits per heavy atom. The lowest BCUT2D eigenvalue weighted by atomic mass is 9.91. The molecule has 2 heterocycles. The molecule has 0 aromatic heterocycles. The van der Waals surface area contributed by atoms with Gasteiger partial charge in [0.1, 0.15) is 5.92 Å². The molecule has 6 nitrogen and oxygen atoms in total. The summed E-state index contributed by atoms with van der Waals surface area (Å²) in [4.78, 5) is 37.2. The lowest BCUT2D eigenvalue weighted by Crippen LogP contribution is -2.33. The van der Waals surface area contributed by atoms with Crippen molar-refractivity contribution in [3.63, 3.8) is 0 Å². The second-order valence-electron chi connectivity index (χ2n) is 6.44. The summed E-state index contributed by atoms with van der Waals surface area (Å²) in [7, 11) is 0. The molecule has 6 heteroatoms. The van der Waals surface area contributed by atoms with Crippen LogP contribution in [0.15, 0.2) is 53.6 Å². The van der Waals surface area contributed by atoms with Gasteiger partial charge >= 0.3 is 0 Å². The summed E-state index contributed by atoms with van der Waals surface area (Å²) in [5.41, 5.74) is 3.22. The molecular weight excluding hydrogens is 330 g/mol. The molecule has 2 aromatic rings. The monoisotopic (exact) mass is 347 g/mol. The maximum atomic E-state index is 13.0. The third kappa shape index (κ3) is 2.69. The first-order chi connectivity index (χ1) is 12.5. The molecule has 1 atom stereocenters. The Balaban J connectivity index is 1.62. The summed E-state index contributed by atoms with van der Waals surface area (Å²) in [5, 5.41) is 8.37. The van der Waals surface area contributed by atoms with Crippen LogP contribution in [0, 0.1) is 5.92 Å². The summed E-state index contributed by atoms with van der Waals surface area (Å²) in [6.45, 7) is 1.70. The zero-order chi connectivity index (χ0) is 18.3. The van der Waals surface area contributed by atoms with Crippen LogP contribution in [0.2, 0.25) is 0 Å². The third-order valence-corrected chi connectivity index (χ3v) is 4.68. The highest BCUT2D eigenvalue weighted by Crippen LogP contribution is 2.28. The van der Waals surface area contributed by atoms with E-state index in [9.17, 15) is 14.4 Å². The van der Waals surface area contributed by atoms with Gasteiger partial charge in [-0.1, -0.05) is 18.2 Å². The number of Topliss-reactive ketones (excluding diaryl/α,β-unsaturated/α-hetero) is 1. The number of aryl methyl sites for hydroxylation is 1. The first-order valence-electron chi connectivity index (χ1n) is 8.46. The van der Waals surface area contributed by atoms with Crippen LogP contribution in [0.1, 0.15) is 29.3 Å². The maximum Gasteiger partial charge on any atom is 0.264 e. The Morgan fingerprint density at radius 3 is 2.65 bits per heavy atom. The number of nitrogens with one attached hydrogen (secondary N) is 1. The zero-order valence-electron chi connectivity index (χ0n) is 14.2. The fourth-order valence-corrected chi connectivity index (χ4v) is 3.33. The zero-order valence-corrected chi connectivity index (χ0v) is 14.2. The average molecular weight is 347 g/mol. The SMILES string of the molecule is CC1=NN(c2ccccc2)C(=O)[C@H]1C(=O)c1ccc2c(c1)CCC(=O)N2. The molecule has 0 aliphatic carbocycles. The topological polar surface area (TPSA) is 78.8 Å². The number of carbonyl (C=O) groups is 3. The van der Waals surface area contributed by atoms with E-state index in [2.05, 4.69) is 10.4 Å². The maximum absolute atomic E-state index is 13.0. The van der Waals surface area contributed by atoms with Crippen molar-refractivity contribution in [1.82, 2.24) is 0 Å². The van der Waals surface area contributed by atoms with Crippen LogP contribution >= 0.6 is 0 Å². The van der Waals surface area contributed by atoms with E-state index in [4.69, 9.17) is 0 Å². The van der Waals surface area contributed by atoms with Crippen molar-refractivity contribution in [3.05, 3.63) is 59.7 Å². The standard InChI is InChI=1S/C20H17N3O3/c1-12-18(20(26)23(22-12)15-5-3-2-4-6-15)19(25)14-7-9-16-13(11-14)8-10-17(24)21-16/h2-7,9,11,18H,8,10H2,1H3,(H,21,24)/t18-/m1/s1. The van der Waals surface area contributed by atoms with Gasteiger partial charge in [-0.2, -0.15) is 10.1 Å². The number of fused-ring (bicyclic) bond motifs is 1. The number of anilines is 2. The van der Waals surface area contributed by atoms with Gasteiger partial charge in [0, 0.05) is 17.7 Å². The molecule has 4 rings (SSSR count). The van der Waals surface area contributed by atoms with Gasteiger partial charge in [-0.25, -0.2) is 0 Å². The molecule has 0 fully saturated rings. The van der Waals surface area contributed by atoms with Crippen molar-refractivity contribution < 1.29 is 14.4 Å². The predicted octanol–water partition coefficient (Wildman–Crippen LogP) is 2.79. The summed E-state index contributed by atoms with van der Waals surface area (Å²) < 4.78 is 0. The summed E-state index contributed by atoms with van der Waals surface area (Å²) >= 11 is 0. The molecule has 2 aromatic carbocycles. The lowest BCUT2D eigenvalue weighted by molar-refractivity contribution is -0.119. The molecule has 2 aliphatic rings. The molecule has 0 saturated heterocycles. The molecule has 1 N–H and O–H groups in total. The van der Waals surface area contributed by atoms with Crippen LogP contribution < -0.4 is 10.3 Å². The molecule has 130 valence electrons. The molecule has 26 heavy (non-hydrogen) atoms. The number of rotatable bonds is 3. The number of hydrogen-bond donors (Lipinski definition) is 1. The fraction of sp³-hybridized carbons (Fsp3) is 0.200. The van der Waals surface area contributed by atoms with Crippen LogP contribution in [-0.2, 0) is 16.0 Å². The van der Waals surface area contributed by atoms with Crippen LogP contribution in [0.25, 0.3) is 0 Å². The van der Waals surface area contributed by atoms with Crippen LogP contribution in [0.4, 0.5) is 11.4 Å². The smallest absolute Gasteiger partial charge is 0.264 e. The first kappa shape index (κ1) is 16.2. The number of ketones is 1. The van der Waals surface area contributed by atoms with Gasteiger partial charge < -0.3 is 5.32 Å². The van der Waals surface area contributed by atoms with Gasteiger partial charge in [-0.15, -0.1) is 0 Å². The van der Waals surface area contributed by atoms with Gasteiger partial charge in [-0.05, 0) is 49.2 Å². The van der Waals surface area contributed by atoms with E-state index in [1.54, 1.807) is 37.3 Å². The molecule has 0 spiro atoms. The summed E-state index contributed by atoms with van der Waals surface area (Å²) in [6.07, 6.45) is 0.986. The minimum Gasteiger partial charge on any atom is -0.326 e. The Morgan fingerprint density at radius 1 is 1.12 bits per heavy atom. The van der Waals surface area contributed by atoms with Crippen molar-refractivity contribution in [1.29, 1.82) is 0 Å². The number of benzene rings is 2. The van der Waals surface area contributed by atoms with Gasteiger partial charge in [-0.3, -0.25) is 14.4 Å². The highest BCUT2D eigenvalue weighted by molar-refractivity contribution is 6.30. The third-order valence-electron chi connectivity index (χ3n) is 4.68. The van der Waals surface area contributed by atoms with Gasteiger partial charge in [0.25, 0.3) is 5.91 Å². The lowest BCUT2D eigenvalue weighted by Gasteiger charge is -2.18. The van der Waals surface area contributed by atoms with Crippen LogP contribution in [0.3, 0.4) is 0 Å². The quantitative estimate of drug-likeness (QED) is 0.685. The van der Waals surface area contributed by atoms with E-state index in [1.165, 1.54) is 5.01 Å². The Hall–Kier alpha value is -3.28. The highest BCUT2D eigenvalue weighted by Gasteiger charge is 2.40. The van der Waals surface area contributed by atoms with Gasteiger partial charge in [0.15, 0.2) is 5.78 Å². The molecule has 0 bridgehead atoms. The van der Waals surface area contributed by atoms with Crippen molar-refractivity contribution >= 4 is 34.7 Å². The van der Waals surface area contributed by atoms with E-state index >= 15 is 0 Å². The number of para-hydroxylation sites is 1. The number of hydrazone groups is 1. The predicted molar refractivity (Wildman–Crippen MR) is 98.3 cm³/mol. The number of nitrogens with zero attached hydrogens (tertiary/aromatic N) is 2. The first-order valence-corrected chi connectivity index (χ1v) is 8.46. The minimum atomic E-state index is -0.911. The molecule has 2 amide bonds. The second kappa shape index (κ2) is 6.22. The van der Waals surface area contributed by atoms with Crippen molar-refractivity contribution in [2.24, 2.45) is 11.0 Å². The van der Waals surface area contributed by atoms with Crippen LogP contribution in [0.5, 0.6) is 0 Å². The minimum absolute atomic E-state index is 0.0240. The van der Waals surface area contributed by atoms with E-state index in [0.29, 0.717) is 29.8 Å². The van der Waals surface area contributed by atoms with Crippen molar-refractivity contribution in [2.45, 2.75) is 19.8 Å². The molecule has 2 aliphatic heterocycles. The van der Waals surface area contributed by atoms with E-state index in [0.717, 1.165) is 11.3 Å². The normalized spacial score (nSPS) is 19.0. The summed E-state index contributed by atoms with van der Waals surface area (Å²) in [5.74, 6) is -1.55. The Bertz CT molecular complexity index is 950. The molecular formula is C20H17N3O3. The van der Waals surface area contributed by atoms with E-state index < -0.39 is 5.92 Å². The Labute approximate surface area is 150 Å². The van der Waals surface area contributed by atoms with Crippen molar-refractivity contribution in [2.75, 3.05) is 10.3 Å².